The lowest BCUT2D eigenvalue weighted by molar-refractivity contribution is -0.197. The first-order valence-electron chi connectivity index (χ1n) is 14.8. The molecule has 0 radical (unpaired) electrons. The number of hydrogen-bond donors (Lipinski definition) is 0. The van der Waals surface area contributed by atoms with Crippen LogP contribution in [0.2, 0.25) is 0 Å². The summed E-state index contributed by atoms with van der Waals surface area (Å²) < 4.78 is 11.8. The van der Waals surface area contributed by atoms with Crippen molar-refractivity contribution in [2.75, 3.05) is 0 Å². The molecule has 0 bridgehead atoms. The zero-order valence-electron chi connectivity index (χ0n) is 23.6. The number of carbonyl (C=O) groups excluding carboxylic acids is 2. The van der Waals surface area contributed by atoms with E-state index in [1.165, 1.54) is 51.9 Å². The van der Waals surface area contributed by atoms with Crippen molar-refractivity contribution >= 4 is 11.9 Å². The summed E-state index contributed by atoms with van der Waals surface area (Å²) in [5.41, 5.74) is 0.634. The largest absolute Gasteiger partial charge is 0.463 e. The molecular formula is C31H52O4. The van der Waals surface area contributed by atoms with Crippen molar-refractivity contribution in [1.82, 2.24) is 0 Å². The van der Waals surface area contributed by atoms with Crippen LogP contribution in [0.4, 0.5) is 0 Å². The highest BCUT2D eigenvalue weighted by molar-refractivity contribution is 5.66. The van der Waals surface area contributed by atoms with E-state index in [-0.39, 0.29) is 29.6 Å². The number of esters is 2. The third kappa shape index (κ3) is 5.19. The summed E-state index contributed by atoms with van der Waals surface area (Å²) in [6, 6.07) is 0. The van der Waals surface area contributed by atoms with Crippen LogP contribution in [0.1, 0.15) is 119 Å². The van der Waals surface area contributed by atoms with Gasteiger partial charge in [0.25, 0.3) is 0 Å². The van der Waals surface area contributed by atoms with Crippen LogP contribution in [0.15, 0.2) is 0 Å². The number of carbonyl (C=O) groups is 2. The Morgan fingerprint density at radius 1 is 0.829 bits per heavy atom. The molecule has 4 aliphatic rings. The van der Waals surface area contributed by atoms with Crippen LogP contribution >= 0.6 is 0 Å². The van der Waals surface area contributed by atoms with Crippen molar-refractivity contribution in [2.45, 2.75) is 131 Å². The molecule has 4 nitrogen and oxygen atoms in total. The summed E-state index contributed by atoms with van der Waals surface area (Å²) in [5.74, 6) is 4.28. The average molecular weight is 489 g/mol. The Morgan fingerprint density at radius 2 is 1.49 bits per heavy atom. The Kier molecular flexibility index (Phi) is 7.99. The standard InChI is InChI=1S/C31H52O4/c1-19(2)9-8-10-20(3)25-11-12-26-29-27(14-16-31(25,26)7)30(6)15-13-24(34-21(4)32)17-23(30)18-28(29)35-22(5)33/h19-20,23-29H,8-18H2,1-7H3. The van der Waals surface area contributed by atoms with Crippen LogP contribution in [-0.4, -0.2) is 24.1 Å². The van der Waals surface area contributed by atoms with Gasteiger partial charge < -0.3 is 9.47 Å². The molecule has 4 fully saturated rings. The van der Waals surface area contributed by atoms with Gasteiger partial charge in [0.15, 0.2) is 0 Å². The summed E-state index contributed by atoms with van der Waals surface area (Å²) in [4.78, 5) is 23.9. The lowest BCUT2D eigenvalue weighted by Crippen LogP contribution is -2.59. The Bertz CT molecular complexity index is 776. The minimum absolute atomic E-state index is 0.0197. The van der Waals surface area contributed by atoms with Gasteiger partial charge >= 0.3 is 11.9 Å². The molecule has 0 heterocycles. The highest BCUT2D eigenvalue weighted by Gasteiger charge is 2.63. The molecule has 0 aromatic rings. The van der Waals surface area contributed by atoms with Crippen molar-refractivity contribution in [1.29, 1.82) is 0 Å². The SMILES string of the molecule is CC(=O)OC1CCC2(C)C(C1)CC(OC(C)=O)C1C2CCC2(C)C(C(C)CCCC(C)C)CCC12. The van der Waals surface area contributed by atoms with Crippen LogP contribution in [0, 0.1) is 52.3 Å². The Hall–Kier alpha value is -1.06. The molecule has 0 aromatic carbocycles. The van der Waals surface area contributed by atoms with Crippen LogP contribution in [0.5, 0.6) is 0 Å². The van der Waals surface area contributed by atoms with E-state index in [0.29, 0.717) is 29.1 Å². The Labute approximate surface area is 214 Å². The van der Waals surface area contributed by atoms with E-state index < -0.39 is 0 Å². The second-order valence-corrected chi connectivity index (χ2v) is 13.9. The molecule has 4 rings (SSSR count). The van der Waals surface area contributed by atoms with Crippen molar-refractivity contribution in [3.8, 4) is 0 Å². The lowest BCUT2D eigenvalue weighted by Gasteiger charge is -2.62. The number of hydrogen-bond acceptors (Lipinski definition) is 4. The van der Waals surface area contributed by atoms with Gasteiger partial charge in [-0.15, -0.1) is 0 Å². The van der Waals surface area contributed by atoms with Gasteiger partial charge in [0.2, 0.25) is 0 Å². The van der Waals surface area contributed by atoms with Crippen molar-refractivity contribution in [3.63, 3.8) is 0 Å². The highest BCUT2D eigenvalue weighted by Crippen LogP contribution is 2.68. The van der Waals surface area contributed by atoms with Gasteiger partial charge in [-0.25, -0.2) is 0 Å². The Balaban J connectivity index is 1.56. The van der Waals surface area contributed by atoms with E-state index in [4.69, 9.17) is 9.47 Å². The van der Waals surface area contributed by atoms with Gasteiger partial charge in [-0.1, -0.05) is 53.9 Å². The maximum atomic E-state index is 12.3. The predicted octanol–water partition coefficient (Wildman–Crippen LogP) is 7.58. The van der Waals surface area contributed by atoms with Gasteiger partial charge in [0.05, 0.1) is 0 Å². The van der Waals surface area contributed by atoms with E-state index in [2.05, 4.69) is 34.6 Å². The third-order valence-corrected chi connectivity index (χ3v) is 11.5. The predicted molar refractivity (Wildman–Crippen MR) is 140 cm³/mol. The minimum Gasteiger partial charge on any atom is -0.463 e. The fourth-order valence-corrected chi connectivity index (χ4v) is 9.86. The summed E-state index contributed by atoms with van der Waals surface area (Å²) in [6.07, 6.45) is 13.3. The molecule has 0 saturated heterocycles. The fraction of sp³-hybridized carbons (Fsp3) is 0.935. The maximum absolute atomic E-state index is 12.3. The molecule has 0 spiro atoms. The second kappa shape index (κ2) is 10.4. The molecule has 0 aliphatic heterocycles. The molecule has 0 aromatic heterocycles. The van der Waals surface area contributed by atoms with Crippen molar-refractivity contribution < 1.29 is 19.1 Å². The fourth-order valence-electron chi connectivity index (χ4n) is 9.86. The first-order chi connectivity index (χ1) is 16.5. The van der Waals surface area contributed by atoms with Gasteiger partial charge in [0, 0.05) is 19.8 Å². The first kappa shape index (κ1) is 27.0. The van der Waals surface area contributed by atoms with E-state index in [9.17, 15) is 9.59 Å². The maximum Gasteiger partial charge on any atom is 0.302 e. The molecule has 200 valence electrons. The van der Waals surface area contributed by atoms with Gasteiger partial charge in [0.1, 0.15) is 12.2 Å². The van der Waals surface area contributed by atoms with E-state index in [1.807, 2.05) is 0 Å². The van der Waals surface area contributed by atoms with E-state index >= 15 is 0 Å². The Morgan fingerprint density at radius 3 is 2.14 bits per heavy atom. The van der Waals surface area contributed by atoms with E-state index in [1.54, 1.807) is 6.92 Å². The third-order valence-electron chi connectivity index (χ3n) is 11.5. The summed E-state index contributed by atoms with van der Waals surface area (Å²) in [7, 11) is 0. The van der Waals surface area contributed by atoms with Crippen molar-refractivity contribution in [2.24, 2.45) is 52.3 Å². The quantitative estimate of drug-likeness (QED) is 0.347. The molecule has 10 unspecified atom stereocenters. The minimum atomic E-state index is -0.170. The zero-order chi connectivity index (χ0) is 25.5. The van der Waals surface area contributed by atoms with Gasteiger partial charge in [-0.05, 0) is 97.7 Å². The van der Waals surface area contributed by atoms with Crippen LogP contribution in [0.25, 0.3) is 0 Å². The summed E-state index contributed by atoms with van der Waals surface area (Å²) in [6.45, 7) is 15.4. The zero-order valence-corrected chi connectivity index (χ0v) is 23.6. The molecule has 4 heteroatoms. The number of rotatable bonds is 7. The van der Waals surface area contributed by atoms with E-state index in [0.717, 1.165) is 43.4 Å². The van der Waals surface area contributed by atoms with Crippen LogP contribution in [0.3, 0.4) is 0 Å². The lowest BCUT2D eigenvalue weighted by atomic mass is 9.43. The normalized spacial score (nSPS) is 43.6. The molecule has 0 amide bonds. The molecule has 0 N–H and O–H groups in total. The van der Waals surface area contributed by atoms with Crippen LogP contribution < -0.4 is 0 Å². The number of ether oxygens (including phenoxy) is 2. The second-order valence-electron chi connectivity index (χ2n) is 13.9. The van der Waals surface area contributed by atoms with Gasteiger partial charge in [-0.3, -0.25) is 9.59 Å². The highest BCUT2D eigenvalue weighted by atomic mass is 16.5. The number of fused-ring (bicyclic) bond motifs is 5. The molecular weight excluding hydrogens is 436 g/mol. The average Bonchev–Trinajstić information content (AvgIpc) is 3.10. The monoisotopic (exact) mass is 488 g/mol. The smallest absolute Gasteiger partial charge is 0.302 e. The molecule has 10 atom stereocenters. The molecule has 4 aliphatic carbocycles. The van der Waals surface area contributed by atoms with Gasteiger partial charge in [-0.2, -0.15) is 0 Å². The summed E-state index contributed by atoms with van der Waals surface area (Å²) >= 11 is 0. The summed E-state index contributed by atoms with van der Waals surface area (Å²) in [5, 5.41) is 0. The first-order valence-corrected chi connectivity index (χ1v) is 14.8. The molecule has 35 heavy (non-hydrogen) atoms. The topological polar surface area (TPSA) is 52.6 Å². The van der Waals surface area contributed by atoms with Crippen LogP contribution in [-0.2, 0) is 19.1 Å². The van der Waals surface area contributed by atoms with Crippen molar-refractivity contribution in [3.05, 3.63) is 0 Å². The molecule has 4 saturated carbocycles.